The zero-order chi connectivity index (χ0) is 20.4. The first-order chi connectivity index (χ1) is 13.9. The maximum absolute atomic E-state index is 12.3. The Hall–Kier alpha value is -3.17. The molecule has 0 fully saturated rings. The summed E-state index contributed by atoms with van der Waals surface area (Å²) in [6.07, 6.45) is 0. The molecule has 2 aromatic carbocycles. The van der Waals surface area contributed by atoms with Gasteiger partial charge in [-0.05, 0) is 53.9 Å². The molecule has 0 atom stereocenters. The molecule has 0 aliphatic carbocycles. The summed E-state index contributed by atoms with van der Waals surface area (Å²) in [5, 5.41) is 5.77. The highest BCUT2D eigenvalue weighted by atomic mass is 32.2. The maximum Gasteiger partial charge on any atom is 0.271 e. The normalized spacial score (nSPS) is 11.4. The highest BCUT2D eigenvalue weighted by Gasteiger charge is 2.16. The lowest BCUT2D eigenvalue weighted by Crippen LogP contribution is -2.11. The molecule has 9 heteroatoms. The van der Waals surface area contributed by atoms with Crippen LogP contribution < -0.4 is 9.62 Å². The molecule has 29 heavy (non-hydrogen) atoms. The number of aromatic nitrogens is 2. The summed E-state index contributed by atoms with van der Waals surface area (Å²) in [4.78, 5) is 6.46. The zero-order valence-corrected chi connectivity index (χ0v) is 17.4. The number of hydrogen-bond acceptors (Lipinski definition) is 7. The van der Waals surface area contributed by atoms with Crippen LogP contribution in [-0.4, -0.2) is 32.7 Å². The Kier molecular flexibility index (Phi) is 5.08. The molecule has 7 nitrogen and oxygen atoms in total. The lowest BCUT2D eigenvalue weighted by molar-refractivity contribution is 0.432. The van der Waals surface area contributed by atoms with Crippen molar-refractivity contribution >= 4 is 32.7 Å². The van der Waals surface area contributed by atoms with Crippen LogP contribution in [0, 0.1) is 0 Å². The molecule has 0 radical (unpaired) electrons. The first kappa shape index (κ1) is 19.2. The highest BCUT2D eigenvalue weighted by Crippen LogP contribution is 2.26. The fourth-order valence-corrected chi connectivity index (χ4v) is 4.74. The molecule has 0 aliphatic heterocycles. The number of sulfonamides is 1. The van der Waals surface area contributed by atoms with Crippen molar-refractivity contribution in [2.45, 2.75) is 4.21 Å². The summed E-state index contributed by atoms with van der Waals surface area (Å²) < 4.78 is 32.9. The van der Waals surface area contributed by atoms with Crippen molar-refractivity contribution < 1.29 is 12.9 Å². The topological polar surface area (TPSA) is 88.3 Å². The van der Waals surface area contributed by atoms with Crippen LogP contribution in [0.5, 0.6) is 0 Å². The van der Waals surface area contributed by atoms with Gasteiger partial charge in [0.15, 0.2) is 0 Å². The Morgan fingerprint density at radius 1 is 1.00 bits per heavy atom. The fourth-order valence-electron chi connectivity index (χ4n) is 2.68. The van der Waals surface area contributed by atoms with E-state index in [1.807, 2.05) is 43.3 Å². The minimum Gasteiger partial charge on any atom is -0.378 e. The monoisotopic (exact) mass is 426 g/mol. The molecule has 2 aromatic heterocycles. The van der Waals surface area contributed by atoms with Crippen LogP contribution >= 0.6 is 11.3 Å². The van der Waals surface area contributed by atoms with Crippen LogP contribution in [0.25, 0.3) is 22.8 Å². The molecular formula is C20H18N4O3S2. The van der Waals surface area contributed by atoms with E-state index in [1.54, 1.807) is 41.8 Å². The van der Waals surface area contributed by atoms with E-state index in [2.05, 4.69) is 14.9 Å². The minimum absolute atomic E-state index is 0.268. The average Bonchev–Trinajstić information content (AvgIpc) is 3.41. The molecule has 0 amide bonds. The summed E-state index contributed by atoms with van der Waals surface area (Å²) in [6, 6.07) is 17.9. The van der Waals surface area contributed by atoms with E-state index in [4.69, 9.17) is 4.52 Å². The minimum atomic E-state index is -3.58. The Morgan fingerprint density at radius 2 is 1.79 bits per heavy atom. The van der Waals surface area contributed by atoms with Gasteiger partial charge in [-0.25, -0.2) is 8.42 Å². The number of benzene rings is 2. The van der Waals surface area contributed by atoms with E-state index in [9.17, 15) is 8.42 Å². The van der Waals surface area contributed by atoms with Gasteiger partial charge in [0.2, 0.25) is 5.82 Å². The highest BCUT2D eigenvalue weighted by molar-refractivity contribution is 7.94. The van der Waals surface area contributed by atoms with Crippen LogP contribution in [0.3, 0.4) is 0 Å². The van der Waals surface area contributed by atoms with Gasteiger partial charge in [-0.3, -0.25) is 4.72 Å². The summed E-state index contributed by atoms with van der Waals surface area (Å²) in [5.74, 6) is 0.856. The van der Waals surface area contributed by atoms with Crippen LogP contribution in [0.4, 0.5) is 11.4 Å². The van der Waals surface area contributed by atoms with Crippen molar-refractivity contribution in [3.05, 3.63) is 66.0 Å². The molecule has 0 unspecified atom stereocenters. The first-order valence-electron chi connectivity index (χ1n) is 8.71. The molecule has 0 aliphatic rings. The summed E-state index contributed by atoms with van der Waals surface area (Å²) in [6.45, 7) is 0. The smallest absolute Gasteiger partial charge is 0.271 e. The van der Waals surface area contributed by atoms with Crippen LogP contribution in [0.15, 0.2) is 74.8 Å². The van der Waals surface area contributed by atoms with Gasteiger partial charge >= 0.3 is 0 Å². The number of anilines is 2. The second-order valence-electron chi connectivity index (χ2n) is 6.48. The average molecular weight is 427 g/mol. The fraction of sp³-hybridized carbons (Fsp3) is 0.100. The Labute approximate surface area is 172 Å². The van der Waals surface area contributed by atoms with Crippen molar-refractivity contribution in [3.63, 3.8) is 0 Å². The zero-order valence-electron chi connectivity index (χ0n) is 15.7. The third-order valence-electron chi connectivity index (χ3n) is 4.19. The predicted molar refractivity (Wildman–Crippen MR) is 115 cm³/mol. The van der Waals surface area contributed by atoms with E-state index in [-0.39, 0.29) is 4.21 Å². The number of hydrogen-bond donors (Lipinski definition) is 1. The van der Waals surface area contributed by atoms with Crippen molar-refractivity contribution in [1.29, 1.82) is 0 Å². The Balaban J connectivity index is 1.54. The van der Waals surface area contributed by atoms with E-state index in [0.717, 1.165) is 16.8 Å². The number of thiophene rings is 1. The van der Waals surface area contributed by atoms with Crippen LogP contribution in [-0.2, 0) is 10.0 Å². The van der Waals surface area contributed by atoms with Gasteiger partial charge in [-0.1, -0.05) is 17.3 Å². The lowest BCUT2D eigenvalue weighted by Gasteiger charge is -2.12. The summed E-state index contributed by atoms with van der Waals surface area (Å²) in [5.41, 5.74) is 3.05. The van der Waals surface area contributed by atoms with Crippen molar-refractivity contribution in [3.8, 4) is 22.8 Å². The molecule has 1 N–H and O–H groups in total. The molecule has 0 spiro atoms. The van der Waals surface area contributed by atoms with E-state index in [0.29, 0.717) is 17.4 Å². The quantitative estimate of drug-likeness (QED) is 0.494. The molecule has 4 aromatic rings. The predicted octanol–water partition coefficient (Wildman–Crippen LogP) is 4.33. The molecular weight excluding hydrogens is 408 g/mol. The summed E-state index contributed by atoms with van der Waals surface area (Å²) >= 11 is 1.17. The molecule has 4 rings (SSSR count). The Bertz CT molecular complexity index is 1210. The molecule has 0 bridgehead atoms. The third-order valence-corrected chi connectivity index (χ3v) is 6.97. The number of nitrogens with one attached hydrogen (secondary N) is 1. The van der Waals surface area contributed by atoms with Crippen LogP contribution in [0.2, 0.25) is 0 Å². The third kappa shape index (κ3) is 4.15. The van der Waals surface area contributed by atoms with Gasteiger partial charge < -0.3 is 9.42 Å². The molecule has 2 heterocycles. The lowest BCUT2D eigenvalue weighted by atomic mass is 10.2. The van der Waals surface area contributed by atoms with Gasteiger partial charge in [-0.15, -0.1) is 11.3 Å². The first-order valence-corrected chi connectivity index (χ1v) is 11.1. The van der Waals surface area contributed by atoms with Gasteiger partial charge in [0, 0.05) is 36.6 Å². The standard InChI is InChI=1S/C20H18N4O3S2/c1-24(2)17-6-3-5-15(13-17)20-21-19(22-27-20)14-8-10-16(11-9-14)23-29(25,26)18-7-4-12-28-18/h3-13,23H,1-2H3. The number of nitrogens with zero attached hydrogens (tertiary/aromatic N) is 3. The van der Waals surface area contributed by atoms with E-state index >= 15 is 0 Å². The molecule has 148 valence electrons. The van der Waals surface area contributed by atoms with Gasteiger partial charge in [-0.2, -0.15) is 4.98 Å². The number of rotatable bonds is 6. The second kappa shape index (κ2) is 7.69. The van der Waals surface area contributed by atoms with E-state index < -0.39 is 10.0 Å². The maximum atomic E-state index is 12.3. The Morgan fingerprint density at radius 3 is 2.48 bits per heavy atom. The van der Waals surface area contributed by atoms with E-state index in [1.165, 1.54) is 11.3 Å². The van der Waals surface area contributed by atoms with Crippen molar-refractivity contribution in [2.75, 3.05) is 23.7 Å². The van der Waals surface area contributed by atoms with Crippen molar-refractivity contribution in [2.24, 2.45) is 0 Å². The summed E-state index contributed by atoms with van der Waals surface area (Å²) in [7, 11) is 0.354. The SMILES string of the molecule is CN(C)c1cccc(-c2nc(-c3ccc(NS(=O)(=O)c4cccs4)cc3)no2)c1. The molecule has 0 saturated carbocycles. The second-order valence-corrected chi connectivity index (χ2v) is 9.34. The van der Waals surface area contributed by atoms with Crippen molar-refractivity contribution in [1.82, 2.24) is 10.1 Å². The van der Waals surface area contributed by atoms with Crippen LogP contribution in [0.1, 0.15) is 0 Å². The molecule has 0 saturated heterocycles. The van der Waals surface area contributed by atoms with Gasteiger partial charge in [0.1, 0.15) is 4.21 Å². The van der Waals surface area contributed by atoms with Gasteiger partial charge in [0.05, 0.1) is 0 Å². The largest absolute Gasteiger partial charge is 0.378 e. The van der Waals surface area contributed by atoms with Gasteiger partial charge in [0.25, 0.3) is 15.9 Å².